The van der Waals surface area contributed by atoms with Gasteiger partial charge in [0.1, 0.15) is 5.75 Å². The van der Waals surface area contributed by atoms with Gasteiger partial charge in [0, 0.05) is 0 Å². The van der Waals surface area contributed by atoms with Gasteiger partial charge < -0.3 is 15.0 Å². The molecule has 6 heteroatoms. The number of benzene rings is 1. The summed E-state index contributed by atoms with van der Waals surface area (Å²) in [5.41, 5.74) is 7.06. The van der Waals surface area contributed by atoms with Crippen molar-refractivity contribution in [2.45, 2.75) is 62.3 Å². The summed E-state index contributed by atoms with van der Waals surface area (Å²) >= 11 is 0. The summed E-state index contributed by atoms with van der Waals surface area (Å²) in [6, 6.07) is 8.30. The normalized spacial score (nSPS) is 21.0. The predicted molar refractivity (Wildman–Crippen MR) is 98.1 cm³/mol. The maximum absolute atomic E-state index is 6.39. The highest BCUT2D eigenvalue weighted by atomic mass is 35.5. The van der Waals surface area contributed by atoms with Crippen LogP contribution in [0.15, 0.2) is 28.8 Å². The molecule has 1 heterocycles. The minimum atomic E-state index is -0.377. The van der Waals surface area contributed by atoms with E-state index < -0.39 is 0 Å². The molecule has 2 N–H and O–H groups in total. The first-order chi connectivity index (χ1) is 11.7. The number of ether oxygens (including phenoxy) is 1. The molecule has 2 aliphatic carbocycles. The monoisotopic (exact) mass is 363 g/mol. The highest BCUT2D eigenvalue weighted by Crippen LogP contribution is 2.45. The number of nitrogens with two attached hydrogens (primary N) is 1. The summed E-state index contributed by atoms with van der Waals surface area (Å²) in [5.74, 6) is 2.28. The van der Waals surface area contributed by atoms with Gasteiger partial charge in [-0.1, -0.05) is 36.6 Å². The number of hydrogen-bond donors (Lipinski definition) is 1. The van der Waals surface area contributed by atoms with Crippen LogP contribution in [0, 0.1) is 0 Å². The molecule has 2 saturated carbocycles. The summed E-state index contributed by atoms with van der Waals surface area (Å²) in [7, 11) is 1.69. The van der Waals surface area contributed by atoms with Gasteiger partial charge in [-0.2, -0.15) is 4.98 Å². The van der Waals surface area contributed by atoms with Gasteiger partial charge in [0.05, 0.1) is 18.1 Å². The number of halogens is 1. The van der Waals surface area contributed by atoms with Crippen molar-refractivity contribution in [3.05, 3.63) is 41.5 Å². The maximum atomic E-state index is 6.39. The van der Waals surface area contributed by atoms with E-state index in [1.54, 1.807) is 7.11 Å². The molecule has 0 radical (unpaired) electrons. The van der Waals surface area contributed by atoms with Crippen LogP contribution in [0.5, 0.6) is 5.75 Å². The van der Waals surface area contributed by atoms with Crippen molar-refractivity contribution in [1.82, 2.24) is 10.1 Å². The Morgan fingerprint density at radius 3 is 2.24 bits per heavy atom. The maximum Gasteiger partial charge on any atom is 0.237 e. The molecule has 0 saturated heterocycles. The molecule has 1 aromatic heterocycles. The fourth-order valence-corrected chi connectivity index (χ4v) is 4.09. The van der Waals surface area contributed by atoms with Gasteiger partial charge >= 0.3 is 0 Å². The Hall–Kier alpha value is -1.59. The zero-order valence-electron chi connectivity index (χ0n) is 14.7. The van der Waals surface area contributed by atoms with Crippen LogP contribution in [0.1, 0.15) is 68.6 Å². The first-order valence-corrected chi connectivity index (χ1v) is 8.94. The molecule has 2 aliphatic rings. The SMILES string of the molecule is COc1ccc(C2(c3nc(C4(N)CCC4)no3)CCCCC2)cc1.Cl. The van der Waals surface area contributed by atoms with Crippen molar-refractivity contribution in [2.75, 3.05) is 7.11 Å². The molecule has 25 heavy (non-hydrogen) atoms. The average molecular weight is 364 g/mol. The van der Waals surface area contributed by atoms with Crippen LogP contribution in [0.25, 0.3) is 0 Å². The first-order valence-electron chi connectivity index (χ1n) is 8.94. The second-order valence-electron chi connectivity index (χ2n) is 7.30. The minimum Gasteiger partial charge on any atom is -0.497 e. The van der Waals surface area contributed by atoms with Crippen LogP contribution < -0.4 is 10.5 Å². The molecular weight excluding hydrogens is 338 g/mol. The largest absolute Gasteiger partial charge is 0.497 e. The van der Waals surface area contributed by atoms with Crippen LogP contribution in [0.4, 0.5) is 0 Å². The van der Waals surface area contributed by atoms with Crippen molar-refractivity contribution in [3.8, 4) is 5.75 Å². The van der Waals surface area contributed by atoms with Gasteiger partial charge in [-0.05, 0) is 49.8 Å². The van der Waals surface area contributed by atoms with E-state index >= 15 is 0 Å². The highest BCUT2D eigenvalue weighted by Gasteiger charge is 2.44. The van der Waals surface area contributed by atoms with Gasteiger partial charge in [0.2, 0.25) is 5.89 Å². The Labute approximate surface area is 154 Å². The lowest BCUT2D eigenvalue weighted by Gasteiger charge is -2.35. The molecular formula is C19H26ClN3O2. The Balaban J connectivity index is 0.00000182. The number of aromatic nitrogens is 2. The number of hydrogen-bond acceptors (Lipinski definition) is 5. The van der Waals surface area contributed by atoms with Crippen molar-refractivity contribution >= 4 is 12.4 Å². The van der Waals surface area contributed by atoms with Gasteiger partial charge in [-0.3, -0.25) is 0 Å². The molecule has 0 unspecified atom stereocenters. The van der Waals surface area contributed by atoms with Gasteiger partial charge in [-0.15, -0.1) is 12.4 Å². The summed E-state index contributed by atoms with van der Waals surface area (Å²) in [5, 5.41) is 4.25. The van der Waals surface area contributed by atoms with E-state index in [9.17, 15) is 0 Å². The van der Waals surface area contributed by atoms with E-state index in [1.807, 2.05) is 12.1 Å². The molecule has 136 valence electrons. The third-order valence-electron chi connectivity index (χ3n) is 5.88. The summed E-state index contributed by atoms with van der Waals surface area (Å²) in [4.78, 5) is 4.78. The molecule has 0 spiro atoms. The third-order valence-corrected chi connectivity index (χ3v) is 5.88. The van der Waals surface area contributed by atoms with Crippen molar-refractivity contribution in [3.63, 3.8) is 0 Å². The fraction of sp³-hybridized carbons (Fsp3) is 0.579. The number of methoxy groups -OCH3 is 1. The lowest BCUT2D eigenvalue weighted by atomic mass is 9.69. The fourth-order valence-electron chi connectivity index (χ4n) is 4.09. The van der Waals surface area contributed by atoms with E-state index in [-0.39, 0.29) is 23.4 Å². The first kappa shape index (κ1) is 18.2. The second kappa shape index (κ2) is 6.96. The van der Waals surface area contributed by atoms with E-state index in [0.29, 0.717) is 5.82 Å². The second-order valence-corrected chi connectivity index (χ2v) is 7.30. The summed E-state index contributed by atoms with van der Waals surface area (Å²) < 4.78 is 11.1. The van der Waals surface area contributed by atoms with E-state index in [4.69, 9.17) is 20.0 Å². The van der Waals surface area contributed by atoms with Gasteiger partial charge in [-0.25, -0.2) is 0 Å². The average Bonchev–Trinajstić information content (AvgIpc) is 3.11. The van der Waals surface area contributed by atoms with E-state index in [1.165, 1.54) is 24.8 Å². The molecule has 0 amide bonds. The van der Waals surface area contributed by atoms with Crippen LogP contribution in [-0.4, -0.2) is 17.3 Å². The standard InChI is InChI=1S/C19H25N3O2.ClH/c1-23-15-8-6-14(7-9-15)18(10-3-2-4-11-18)17-21-16(22-24-17)19(20)12-5-13-19;/h6-9H,2-5,10-13,20H2,1H3;1H. The van der Waals surface area contributed by atoms with Crippen LogP contribution in [0.2, 0.25) is 0 Å². The van der Waals surface area contributed by atoms with Crippen LogP contribution >= 0.6 is 12.4 Å². The van der Waals surface area contributed by atoms with E-state index in [2.05, 4.69) is 17.3 Å². The van der Waals surface area contributed by atoms with E-state index in [0.717, 1.165) is 43.7 Å². The zero-order valence-corrected chi connectivity index (χ0v) is 15.5. The molecule has 2 fully saturated rings. The molecule has 5 nitrogen and oxygen atoms in total. The van der Waals surface area contributed by atoms with Crippen molar-refractivity contribution in [2.24, 2.45) is 5.73 Å². The Bertz CT molecular complexity index is 704. The Morgan fingerprint density at radius 2 is 1.68 bits per heavy atom. The number of nitrogens with zero attached hydrogens (tertiary/aromatic N) is 2. The van der Waals surface area contributed by atoms with Crippen LogP contribution in [-0.2, 0) is 11.0 Å². The molecule has 1 aromatic carbocycles. The quantitative estimate of drug-likeness (QED) is 0.885. The molecule has 0 aliphatic heterocycles. The predicted octanol–water partition coefficient (Wildman–Crippen LogP) is 4.09. The lowest BCUT2D eigenvalue weighted by Crippen LogP contribution is -2.44. The third kappa shape index (κ3) is 3.04. The molecule has 0 bridgehead atoms. The van der Waals surface area contributed by atoms with Crippen molar-refractivity contribution < 1.29 is 9.26 Å². The highest BCUT2D eigenvalue weighted by molar-refractivity contribution is 5.85. The molecule has 0 atom stereocenters. The zero-order chi connectivity index (χ0) is 16.6. The summed E-state index contributed by atoms with van der Waals surface area (Å²) in [6.07, 6.45) is 8.73. The number of rotatable bonds is 4. The Morgan fingerprint density at radius 1 is 1.00 bits per heavy atom. The van der Waals surface area contributed by atoms with Gasteiger partial charge in [0.15, 0.2) is 5.82 Å². The topological polar surface area (TPSA) is 74.2 Å². The molecule has 2 aromatic rings. The summed E-state index contributed by atoms with van der Waals surface area (Å²) in [6.45, 7) is 0. The Kier molecular flexibility index (Phi) is 5.07. The van der Waals surface area contributed by atoms with Crippen LogP contribution in [0.3, 0.4) is 0 Å². The molecule has 4 rings (SSSR count). The van der Waals surface area contributed by atoms with Gasteiger partial charge in [0.25, 0.3) is 0 Å². The minimum absolute atomic E-state index is 0. The van der Waals surface area contributed by atoms with Crippen molar-refractivity contribution in [1.29, 1.82) is 0 Å². The lowest BCUT2D eigenvalue weighted by molar-refractivity contribution is 0.223. The smallest absolute Gasteiger partial charge is 0.237 e.